The van der Waals surface area contributed by atoms with Crippen molar-refractivity contribution < 1.29 is 0 Å². The summed E-state index contributed by atoms with van der Waals surface area (Å²) in [7, 11) is 0. The fraction of sp³-hybridized carbons (Fsp3) is 0.231. The number of nitrogens with one attached hydrogen (secondary N) is 1. The predicted molar refractivity (Wildman–Crippen MR) is 71.3 cm³/mol. The van der Waals surface area contributed by atoms with Gasteiger partial charge in [0, 0.05) is 6.07 Å². The van der Waals surface area contributed by atoms with E-state index in [1.807, 2.05) is 6.07 Å². The first kappa shape index (κ1) is 10.5. The average molecular weight is 243 g/mol. The van der Waals surface area contributed by atoms with E-state index in [1.165, 1.54) is 30.4 Å². The Hall–Kier alpha value is -1.68. The Bertz CT molecular complexity index is 631. The van der Waals surface area contributed by atoms with Crippen molar-refractivity contribution in [2.75, 3.05) is 5.73 Å². The van der Waals surface area contributed by atoms with Crippen molar-refractivity contribution in [1.82, 2.24) is 9.97 Å². The molecule has 0 fully saturated rings. The molecule has 0 atom stereocenters. The van der Waals surface area contributed by atoms with Crippen LogP contribution >= 0.6 is 12.2 Å². The van der Waals surface area contributed by atoms with Gasteiger partial charge in [0.05, 0.1) is 5.69 Å². The summed E-state index contributed by atoms with van der Waals surface area (Å²) in [5, 5.41) is 0. The summed E-state index contributed by atoms with van der Waals surface area (Å²) in [6.45, 7) is 0. The Balaban J connectivity index is 2.12. The number of benzene rings is 1. The SMILES string of the molecule is Nc1cc(-c2ccc3c(c2)CCC3)[nH]c(=S)n1. The maximum atomic E-state index is 5.71. The molecule has 1 heterocycles. The van der Waals surface area contributed by atoms with Crippen molar-refractivity contribution in [2.24, 2.45) is 0 Å². The van der Waals surface area contributed by atoms with Crippen molar-refractivity contribution in [3.63, 3.8) is 0 Å². The van der Waals surface area contributed by atoms with Gasteiger partial charge in [0.2, 0.25) is 0 Å². The highest BCUT2D eigenvalue weighted by molar-refractivity contribution is 7.71. The second-order valence-electron chi connectivity index (χ2n) is 4.36. The molecule has 2 aromatic rings. The van der Waals surface area contributed by atoms with Crippen LogP contribution in [0.5, 0.6) is 0 Å². The topological polar surface area (TPSA) is 54.7 Å². The first-order valence-electron chi connectivity index (χ1n) is 5.71. The van der Waals surface area contributed by atoms with Gasteiger partial charge in [-0.1, -0.05) is 12.1 Å². The lowest BCUT2D eigenvalue weighted by atomic mass is 10.0. The standard InChI is InChI=1S/C13H13N3S/c14-12-7-11(15-13(17)16-12)10-5-4-8-2-1-3-9(8)6-10/h4-7H,1-3H2,(H3,14,15,16,17). The number of aromatic amines is 1. The summed E-state index contributed by atoms with van der Waals surface area (Å²) in [4.78, 5) is 7.05. The molecule has 1 aromatic carbocycles. The minimum Gasteiger partial charge on any atom is -0.384 e. The van der Waals surface area contributed by atoms with Gasteiger partial charge in [-0.2, -0.15) is 0 Å². The fourth-order valence-corrected chi connectivity index (χ4v) is 2.59. The molecule has 0 saturated heterocycles. The van der Waals surface area contributed by atoms with Gasteiger partial charge in [-0.05, 0) is 54.2 Å². The molecule has 0 saturated carbocycles. The number of aromatic nitrogens is 2. The monoisotopic (exact) mass is 243 g/mol. The first-order chi connectivity index (χ1) is 8.22. The van der Waals surface area contributed by atoms with E-state index in [9.17, 15) is 0 Å². The van der Waals surface area contributed by atoms with Crippen LogP contribution < -0.4 is 5.73 Å². The highest BCUT2D eigenvalue weighted by Gasteiger charge is 2.11. The molecule has 3 N–H and O–H groups in total. The minimum atomic E-state index is 0.431. The zero-order chi connectivity index (χ0) is 11.8. The average Bonchev–Trinajstić information content (AvgIpc) is 2.74. The van der Waals surface area contributed by atoms with Crippen LogP contribution in [-0.4, -0.2) is 9.97 Å². The second kappa shape index (κ2) is 3.96. The van der Waals surface area contributed by atoms with Crippen LogP contribution in [0.3, 0.4) is 0 Å². The van der Waals surface area contributed by atoms with Crippen molar-refractivity contribution in [3.05, 3.63) is 40.2 Å². The molecule has 0 unspecified atom stereocenters. The predicted octanol–water partition coefficient (Wildman–Crippen LogP) is 2.88. The highest BCUT2D eigenvalue weighted by Crippen LogP contribution is 2.27. The normalized spacial score (nSPS) is 13.6. The molecule has 1 aliphatic carbocycles. The van der Waals surface area contributed by atoms with E-state index in [4.69, 9.17) is 18.0 Å². The molecule has 0 radical (unpaired) electrons. The van der Waals surface area contributed by atoms with Crippen LogP contribution in [0, 0.1) is 4.77 Å². The van der Waals surface area contributed by atoms with Crippen LogP contribution in [0.2, 0.25) is 0 Å². The number of anilines is 1. The maximum absolute atomic E-state index is 5.71. The molecular weight excluding hydrogens is 230 g/mol. The van der Waals surface area contributed by atoms with E-state index < -0.39 is 0 Å². The van der Waals surface area contributed by atoms with Crippen LogP contribution in [0.4, 0.5) is 5.82 Å². The van der Waals surface area contributed by atoms with Crippen molar-refractivity contribution in [1.29, 1.82) is 0 Å². The van der Waals surface area contributed by atoms with Gasteiger partial charge in [0.15, 0.2) is 4.77 Å². The number of H-pyrrole nitrogens is 1. The summed E-state index contributed by atoms with van der Waals surface area (Å²) in [5.74, 6) is 0.462. The third kappa shape index (κ3) is 1.96. The molecule has 86 valence electrons. The van der Waals surface area contributed by atoms with Crippen LogP contribution in [0.25, 0.3) is 11.3 Å². The van der Waals surface area contributed by atoms with Crippen molar-refractivity contribution in [3.8, 4) is 11.3 Å². The van der Waals surface area contributed by atoms with E-state index in [0.717, 1.165) is 11.3 Å². The molecule has 3 nitrogen and oxygen atoms in total. The lowest BCUT2D eigenvalue weighted by Gasteiger charge is -2.06. The number of hydrogen-bond donors (Lipinski definition) is 2. The van der Waals surface area contributed by atoms with E-state index in [-0.39, 0.29) is 0 Å². The Labute approximate surface area is 105 Å². The number of aryl methyl sites for hydroxylation is 2. The van der Waals surface area contributed by atoms with Crippen molar-refractivity contribution in [2.45, 2.75) is 19.3 Å². The van der Waals surface area contributed by atoms with E-state index in [1.54, 1.807) is 0 Å². The molecule has 0 bridgehead atoms. The third-order valence-corrected chi connectivity index (χ3v) is 3.37. The van der Waals surface area contributed by atoms with Gasteiger partial charge in [-0.15, -0.1) is 0 Å². The fourth-order valence-electron chi connectivity index (χ4n) is 2.37. The van der Waals surface area contributed by atoms with Gasteiger partial charge in [0.1, 0.15) is 5.82 Å². The summed E-state index contributed by atoms with van der Waals surface area (Å²) in [6.07, 6.45) is 3.63. The lowest BCUT2D eigenvalue weighted by Crippen LogP contribution is -1.95. The number of nitrogens with zero attached hydrogens (tertiary/aromatic N) is 1. The Morgan fingerprint density at radius 1 is 1.18 bits per heavy atom. The van der Waals surface area contributed by atoms with Gasteiger partial charge >= 0.3 is 0 Å². The largest absolute Gasteiger partial charge is 0.384 e. The molecule has 17 heavy (non-hydrogen) atoms. The number of nitrogen functional groups attached to an aromatic ring is 1. The van der Waals surface area contributed by atoms with Crippen LogP contribution in [0.1, 0.15) is 17.5 Å². The number of rotatable bonds is 1. The third-order valence-electron chi connectivity index (χ3n) is 3.17. The molecule has 0 aliphatic heterocycles. The van der Waals surface area contributed by atoms with E-state index in [0.29, 0.717) is 10.6 Å². The highest BCUT2D eigenvalue weighted by atomic mass is 32.1. The number of fused-ring (bicyclic) bond motifs is 1. The molecule has 3 rings (SSSR count). The summed E-state index contributed by atoms with van der Waals surface area (Å²) in [6, 6.07) is 8.37. The first-order valence-corrected chi connectivity index (χ1v) is 6.12. The van der Waals surface area contributed by atoms with Gasteiger partial charge in [-0.25, -0.2) is 4.98 Å². The lowest BCUT2D eigenvalue weighted by molar-refractivity contribution is 0.912. The molecule has 1 aliphatic rings. The Morgan fingerprint density at radius 3 is 2.82 bits per heavy atom. The maximum Gasteiger partial charge on any atom is 0.199 e. The summed E-state index contributed by atoms with van der Waals surface area (Å²) < 4.78 is 0.431. The zero-order valence-corrected chi connectivity index (χ0v) is 10.2. The van der Waals surface area contributed by atoms with Gasteiger partial charge < -0.3 is 10.7 Å². The van der Waals surface area contributed by atoms with E-state index in [2.05, 4.69) is 28.2 Å². The van der Waals surface area contributed by atoms with Crippen molar-refractivity contribution >= 4 is 18.0 Å². The molecule has 1 aromatic heterocycles. The van der Waals surface area contributed by atoms with Gasteiger partial charge in [0.25, 0.3) is 0 Å². The molecule has 4 heteroatoms. The number of nitrogens with two attached hydrogens (primary N) is 1. The number of hydrogen-bond acceptors (Lipinski definition) is 3. The zero-order valence-electron chi connectivity index (χ0n) is 9.36. The van der Waals surface area contributed by atoms with Crippen LogP contribution in [-0.2, 0) is 12.8 Å². The Morgan fingerprint density at radius 2 is 2.00 bits per heavy atom. The molecule has 0 spiro atoms. The van der Waals surface area contributed by atoms with E-state index >= 15 is 0 Å². The smallest absolute Gasteiger partial charge is 0.199 e. The van der Waals surface area contributed by atoms with Gasteiger partial charge in [-0.3, -0.25) is 0 Å². The molecular formula is C13H13N3S. The molecule has 0 amide bonds. The quantitative estimate of drug-likeness (QED) is 0.757. The second-order valence-corrected chi connectivity index (χ2v) is 4.75. The summed E-state index contributed by atoms with van der Waals surface area (Å²) >= 11 is 5.04. The Kier molecular flexibility index (Phi) is 2.44. The summed E-state index contributed by atoms with van der Waals surface area (Å²) in [5.41, 5.74) is 10.7. The van der Waals surface area contributed by atoms with Crippen LogP contribution in [0.15, 0.2) is 24.3 Å². The minimum absolute atomic E-state index is 0.431.